The van der Waals surface area contributed by atoms with Gasteiger partial charge in [-0.05, 0) is 29.7 Å². The maximum absolute atomic E-state index is 11.1. The van der Waals surface area contributed by atoms with Gasteiger partial charge in [0.25, 0.3) is 0 Å². The first kappa shape index (κ1) is 15.7. The van der Waals surface area contributed by atoms with Crippen LogP contribution >= 0.6 is 0 Å². The fraction of sp³-hybridized carbons (Fsp3) is 0.438. The molecule has 1 aliphatic heterocycles. The van der Waals surface area contributed by atoms with E-state index in [0.717, 1.165) is 16.7 Å². The number of esters is 1. The van der Waals surface area contributed by atoms with Crippen LogP contribution in [0, 0.1) is 6.92 Å². The van der Waals surface area contributed by atoms with Gasteiger partial charge in [-0.15, -0.1) is 0 Å². The Morgan fingerprint density at radius 3 is 2.86 bits per heavy atom. The lowest BCUT2D eigenvalue weighted by molar-refractivity contribution is -0.131. The first-order valence-corrected chi connectivity index (χ1v) is 6.90. The molecule has 21 heavy (non-hydrogen) atoms. The number of hydrogen-bond acceptors (Lipinski definition) is 5. The Kier molecular flexibility index (Phi) is 5.12. The van der Waals surface area contributed by atoms with Crippen LogP contribution in [-0.2, 0) is 14.3 Å². The lowest BCUT2D eigenvalue weighted by Gasteiger charge is -2.17. The fourth-order valence-electron chi connectivity index (χ4n) is 2.27. The fourth-order valence-corrected chi connectivity index (χ4v) is 2.27. The Balaban J connectivity index is 2.03. The molecule has 0 aliphatic carbocycles. The van der Waals surface area contributed by atoms with Crippen LogP contribution in [-0.4, -0.2) is 37.9 Å². The van der Waals surface area contributed by atoms with E-state index in [0.29, 0.717) is 25.6 Å². The molecular formula is C16H21NO4. The lowest BCUT2D eigenvalue weighted by Crippen LogP contribution is -2.35. The maximum Gasteiger partial charge on any atom is 0.308 e. The second-order valence-electron chi connectivity index (χ2n) is 5.18. The zero-order chi connectivity index (χ0) is 15.4. The highest BCUT2D eigenvalue weighted by molar-refractivity contribution is 5.73. The van der Waals surface area contributed by atoms with E-state index in [1.807, 2.05) is 19.1 Å². The Labute approximate surface area is 124 Å². The molecule has 2 rings (SSSR count). The summed E-state index contributed by atoms with van der Waals surface area (Å²) in [4.78, 5) is 11.1. The molecule has 1 aromatic carbocycles. The molecule has 5 heteroatoms. The highest BCUT2D eigenvalue weighted by atomic mass is 16.5. The largest absolute Gasteiger partial charge is 0.426 e. The molecule has 114 valence electrons. The van der Waals surface area contributed by atoms with Crippen molar-refractivity contribution in [2.75, 3.05) is 19.8 Å². The summed E-state index contributed by atoms with van der Waals surface area (Å²) in [6.45, 7) is 8.73. The van der Waals surface area contributed by atoms with Crippen LogP contribution < -0.4 is 10.5 Å². The second-order valence-corrected chi connectivity index (χ2v) is 5.18. The van der Waals surface area contributed by atoms with Crippen molar-refractivity contribution in [3.8, 4) is 5.75 Å². The van der Waals surface area contributed by atoms with Crippen LogP contribution in [0.15, 0.2) is 24.8 Å². The zero-order valence-electron chi connectivity index (χ0n) is 12.4. The van der Waals surface area contributed by atoms with Gasteiger partial charge in [0.1, 0.15) is 5.75 Å². The Morgan fingerprint density at radius 2 is 2.24 bits per heavy atom. The monoisotopic (exact) mass is 291 g/mol. The van der Waals surface area contributed by atoms with Gasteiger partial charge in [0.05, 0.1) is 32.0 Å². The summed E-state index contributed by atoms with van der Waals surface area (Å²) in [6.07, 6.45) is -0.0984. The molecule has 1 aliphatic rings. The first-order chi connectivity index (χ1) is 9.99. The molecule has 1 aromatic rings. The number of carbonyl (C=O) groups is 1. The Bertz CT molecular complexity index is 541. The van der Waals surface area contributed by atoms with Gasteiger partial charge in [0, 0.05) is 6.92 Å². The average molecular weight is 291 g/mol. The van der Waals surface area contributed by atoms with Crippen molar-refractivity contribution in [1.82, 2.24) is 0 Å². The summed E-state index contributed by atoms with van der Waals surface area (Å²) >= 11 is 0. The summed E-state index contributed by atoms with van der Waals surface area (Å²) in [7, 11) is 0. The van der Waals surface area contributed by atoms with Gasteiger partial charge < -0.3 is 19.9 Å². The average Bonchev–Trinajstić information content (AvgIpc) is 2.83. The highest BCUT2D eigenvalue weighted by Crippen LogP contribution is 2.27. The minimum absolute atomic E-state index is 0.0914. The highest BCUT2D eigenvalue weighted by Gasteiger charge is 2.25. The molecule has 5 nitrogen and oxygen atoms in total. The quantitative estimate of drug-likeness (QED) is 0.660. The molecule has 0 bridgehead atoms. The van der Waals surface area contributed by atoms with E-state index in [2.05, 4.69) is 6.58 Å². The van der Waals surface area contributed by atoms with E-state index in [9.17, 15) is 4.79 Å². The van der Waals surface area contributed by atoms with Crippen molar-refractivity contribution < 1.29 is 19.0 Å². The van der Waals surface area contributed by atoms with E-state index in [1.54, 1.807) is 6.07 Å². The summed E-state index contributed by atoms with van der Waals surface area (Å²) in [5.41, 5.74) is 8.48. The molecule has 1 heterocycles. The third-order valence-corrected chi connectivity index (χ3v) is 3.46. The van der Waals surface area contributed by atoms with Crippen molar-refractivity contribution >= 4 is 11.5 Å². The van der Waals surface area contributed by atoms with E-state index in [1.165, 1.54) is 6.92 Å². The van der Waals surface area contributed by atoms with Crippen LogP contribution in [0.4, 0.5) is 0 Å². The van der Waals surface area contributed by atoms with Crippen molar-refractivity contribution in [1.29, 1.82) is 0 Å². The van der Waals surface area contributed by atoms with Crippen LogP contribution in [0.3, 0.4) is 0 Å². The van der Waals surface area contributed by atoms with E-state index >= 15 is 0 Å². The van der Waals surface area contributed by atoms with Crippen LogP contribution in [0.1, 0.15) is 18.1 Å². The van der Waals surface area contributed by atoms with Crippen LogP contribution in [0.5, 0.6) is 5.75 Å². The topological polar surface area (TPSA) is 70.8 Å². The molecule has 0 saturated carbocycles. The summed E-state index contributed by atoms with van der Waals surface area (Å²) in [5.74, 6) is 0.202. The summed E-state index contributed by atoms with van der Waals surface area (Å²) < 4.78 is 16.2. The van der Waals surface area contributed by atoms with Gasteiger partial charge in [-0.1, -0.05) is 18.7 Å². The molecule has 1 saturated heterocycles. The first-order valence-electron chi connectivity index (χ1n) is 6.90. The standard InChI is InChI=1S/C16H21NO4/c1-10(7-20-16-9-19-8-14(16)17)13-5-4-6-15(11(13)2)21-12(3)18/h4-6,14,16H,1,7-9,17H2,2-3H3/t14-,16+/m0/s1. The number of benzene rings is 1. The van der Waals surface area contributed by atoms with E-state index in [4.69, 9.17) is 19.9 Å². The molecule has 0 amide bonds. The molecule has 0 radical (unpaired) electrons. The Morgan fingerprint density at radius 1 is 1.48 bits per heavy atom. The molecule has 1 fully saturated rings. The van der Waals surface area contributed by atoms with Gasteiger partial charge >= 0.3 is 5.97 Å². The van der Waals surface area contributed by atoms with Crippen LogP contribution in [0.25, 0.3) is 5.57 Å². The van der Waals surface area contributed by atoms with Gasteiger partial charge in [-0.25, -0.2) is 0 Å². The predicted molar refractivity (Wildman–Crippen MR) is 80.1 cm³/mol. The molecule has 0 unspecified atom stereocenters. The molecular weight excluding hydrogens is 270 g/mol. The minimum atomic E-state index is -0.341. The van der Waals surface area contributed by atoms with Gasteiger partial charge in [-0.3, -0.25) is 4.79 Å². The normalized spacial score (nSPS) is 21.3. The van der Waals surface area contributed by atoms with Crippen molar-refractivity contribution in [2.24, 2.45) is 5.73 Å². The van der Waals surface area contributed by atoms with Crippen molar-refractivity contribution in [3.05, 3.63) is 35.9 Å². The molecule has 2 N–H and O–H groups in total. The summed E-state index contributed by atoms with van der Waals surface area (Å²) in [5, 5.41) is 0. The number of nitrogens with two attached hydrogens (primary N) is 1. The van der Waals surface area contributed by atoms with Gasteiger partial charge in [-0.2, -0.15) is 0 Å². The van der Waals surface area contributed by atoms with E-state index < -0.39 is 0 Å². The van der Waals surface area contributed by atoms with Gasteiger partial charge in [0.15, 0.2) is 0 Å². The zero-order valence-corrected chi connectivity index (χ0v) is 12.4. The second kappa shape index (κ2) is 6.85. The maximum atomic E-state index is 11.1. The number of ether oxygens (including phenoxy) is 3. The Hall–Kier alpha value is -1.69. The number of rotatable bonds is 5. The molecule has 0 spiro atoms. The van der Waals surface area contributed by atoms with Crippen LogP contribution in [0.2, 0.25) is 0 Å². The minimum Gasteiger partial charge on any atom is -0.426 e. The predicted octanol–water partition coefficient (Wildman–Crippen LogP) is 1.68. The summed E-state index contributed by atoms with van der Waals surface area (Å²) in [6, 6.07) is 5.43. The third kappa shape index (κ3) is 3.91. The van der Waals surface area contributed by atoms with E-state index in [-0.39, 0.29) is 18.1 Å². The number of carbonyl (C=O) groups excluding carboxylic acids is 1. The van der Waals surface area contributed by atoms with Crippen molar-refractivity contribution in [2.45, 2.75) is 26.0 Å². The third-order valence-electron chi connectivity index (χ3n) is 3.46. The molecule has 0 aromatic heterocycles. The van der Waals surface area contributed by atoms with Crippen molar-refractivity contribution in [3.63, 3.8) is 0 Å². The van der Waals surface area contributed by atoms with Gasteiger partial charge in [0.2, 0.25) is 0 Å². The SMILES string of the molecule is C=C(CO[C@@H]1COC[C@@H]1N)c1cccc(OC(C)=O)c1C. The molecule has 2 atom stereocenters. The number of hydrogen-bond donors (Lipinski definition) is 1. The smallest absolute Gasteiger partial charge is 0.308 e. The lowest BCUT2D eigenvalue weighted by atomic mass is 10.0.